The zero-order valence-electron chi connectivity index (χ0n) is 12.8. The van der Waals surface area contributed by atoms with E-state index in [4.69, 9.17) is 5.73 Å². The maximum absolute atomic E-state index is 6.41. The Kier molecular flexibility index (Phi) is 4.49. The minimum absolute atomic E-state index is 0.425. The van der Waals surface area contributed by atoms with Crippen LogP contribution < -0.4 is 5.73 Å². The Bertz CT molecular complexity index is 442. The number of rotatable bonds is 3. The van der Waals surface area contributed by atoms with E-state index < -0.39 is 0 Å². The van der Waals surface area contributed by atoms with Crippen molar-refractivity contribution in [2.75, 3.05) is 13.1 Å². The van der Waals surface area contributed by atoms with Crippen molar-refractivity contribution in [1.29, 1.82) is 0 Å². The lowest BCUT2D eigenvalue weighted by Gasteiger charge is -2.40. The van der Waals surface area contributed by atoms with Crippen LogP contribution in [-0.4, -0.2) is 24.0 Å². The Morgan fingerprint density at radius 2 is 2.25 bits per heavy atom. The second-order valence-electron chi connectivity index (χ2n) is 6.73. The molecule has 4 unspecified atom stereocenters. The van der Waals surface area contributed by atoms with Crippen molar-refractivity contribution in [2.24, 2.45) is 17.6 Å². The van der Waals surface area contributed by atoms with Gasteiger partial charge in [-0.1, -0.05) is 13.3 Å². The van der Waals surface area contributed by atoms with Gasteiger partial charge in [0.15, 0.2) is 0 Å². The molecule has 2 N–H and O–H groups in total. The summed E-state index contributed by atoms with van der Waals surface area (Å²) in [5.41, 5.74) is 7.98. The lowest BCUT2D eigenvalue weighted by Crippen LogP contribution is -2.45. The van der Waals surface area contributed by atoms with Crippen molar-refractivity contribution in [2.45, 2.75) is 58.0 Å². The summed E-state index contributed by atoms with van der Waals surface area (Å²) in [6, 6.07) is 3.33. The van der Waals surface area contributed by atoms with Crippen LogP contribution >= 0.6 is 11.3 Å². The molecular weight excluding hydrogens is 264 g/mol. The monoisotopic (exact) mass is 292 g/mol. The highest BCUT2D eigenvalue weighted by Gasteiger charge is 2.32. The summed E-state index contributed by atoms with van der Waals surface area (Å²) in [5, 5.41) is 2.25. The second-order valence-corrected chi connectivity index (χ2v) is 7.73. The first-order valence-electron chi connectivity index (χ1n) is 8.25. The van der Waals surface area contributed by atoms with Gasteiger partial charge in [0.1, 0.15) is 0 Å². The van der Waals surface area contributed by atoms with Gasteiger partial charge in [-0.2, -0.15) is 0 Å². The summed E-state index contributed by atoms with van der Waals surface area (Å²) in [4.78, 5) is 4.28. The van der Waals surface area contributed by atoms with E-state index in [1.54, 1.807) is 10.4 Å². The number of fused-ring (bicyclic) bond motifs is 1. The molecule has 2 nitrogen and oxygen atoms in total. The number of thiophene rings is 1. The summed E-state index contributed by atoms with van der Waals surface area (Å²) in [5.74, 6) is 1.62. The maximum atomic E-state index is 6.41. The quantitative estimate of drug-likeness (QED) is 0.917. The summed E-state index contributed by atoms with van der Waals surface area (Å²) in [6.07, 6.45) is 6.48. The van der Waals surface area contributed by atoms with Crippen LogP contribution in [0.5, 0.6) is 0 Å². The van der Waals surface area contributed by atoms with E-state index >= 15 is 0 Å². The molecule has 3 heteroatoms. The predicted octanol–water partition coefficient (Wildman–Crippen LogP) is 3.82. The average Bonchev–Trinajstić information content (AvgIpc) is 2.93. The van der Waals surface area contributed by atoms with Crippen molar-refractivity contribution in [3.05, 3.63) is 21.9 Å². The molecule has 4 atom stereocenters. The van der Waals surface area contributed by atoms with Crippen molar-refractivity contribution in [1.82, 2.24) is 4.90 Å². The molecule has 0 bridgehead atoms. The Morgan fingerprint density at radius 1 is 1.40 bits per heavy atom. The third-order valence-electron chi connectivity index (χ3n) is 5.60. The van der Waals surface area contributed by atoms with Crippen molar-refractivity contribution < 1.29 is 0 Å². The minimum atomic E-state index is 0.425. The fourth-order valence-corrected chi connectivity index (χ4v) is 5.04. The average molecular weight is 292 g/mol. The van der Waals surface area contributed by atoms with Gasteiger partial charge in [-0.3, -0.25) is 4.90 Å². The van der Waals surface area contributed by atoms with Crippen molar-refractivity contribution in [3.63, 3.8) is 0 Å². The Labute approximate surface area is 127 Å². The molecule has 0 amide bonds. The van der Waals surface area contributed by atoms with Gasteiger partial charge in [-0.15, -0.1) is 11.3 Å². The summed E-state index contributed by atoms with van der Waals surface area (Å²) in [7, 11) is 0. The lowest BCUT2D eigenvalue weighted by molar-refractivity contribution is 0.121. The van der Waals surface area contributed by atoms with E-state index in [1.165, 1.54) is 45.2 Å². The topological polar surface area (TPSA) is 29.3 Å². The molecule has 1 aromatic heterocycles. The van der Waals surface area contributed by atoms with Gasteiger partial charge in [-0.25, -0.2) is 0 Å². The molecule has 0 aromatic carbocycles. The standard InChI is InChI=1S/C17H28N2S/c1-3-13-4-5-16(18)14(10-13)11-19-8-6-17-15(12(19)2)7-9-20-17/h7,9,12-14,16H,3-6,8,10-11,18H2,1-2H3. The zero-order valence-corrected chi connectivity index (χ0v) is 13.7. The van der Waals surface area contributed by atoms with E-state index in [-0.39, 0.29) is 0 Å². The molecule has 1 aromatic rings. The SMILES string of the molecule is CCC1CCC(N)C(CN2CCc3sccc3C2C)C1. The number of hydrogen-bond donors (Lipinski definition) is 1. The Morgan fingerprint density at radius 3 is 3.05 bits per heavy atom. The highest BCUT2D eigenvalue weighted by molar-refractivity contribution is 7.10. The molecule has 3 rings (SSSR count). The van der Waals surface area contributed by atoms with E-state index in [9.17, 15) is 0 Å². The smallest absolute Gasteiger partial charge is 0.0331 e. The fraction of sp³-hybridized carbons (Fsp3) is 0.765. The molecule has 2 heterocycles. The van der Waals surface area contributed by atoms with Crippen LogP contribution in [0.4, 0.5) is 0 Å². The van der Waals surface area contributed by atoms with E-state index in [0.717, 1.165) is 5.92 Å². The molecule has 0 spiro atoms. The van der Waals surface area contributed by atoms with Crippen molar-refractivity contribution in [3.8, 4) is 0 Å². The normalized spacial score (nSPS) is 35.0. The van der Waals surface area contributed by atoms with Gasteiger partial charge in [0.25, 0.3) is 0 Å². The Hall–Kier alpha value is -0.380. The van der Waals surface area contributed by atoms with Gasteiger partial charge in [0, 0.05) is 30.1 Å². The third kappa shape index (κ3) is 2.81. The van der Waals surface area contributed by atoms with Crippen LogP contribution in [0, 0.1) is 11.8 Å². The van der Waals surface area contributed by atoms with Crippen LogP contribution in [0.2, 0.25) is 0 Å². The Balaban J connectivity index is 1.66. The van der Waals surface area contributed by atoms with E-state index in [0.29, 0.717) is 18.0 Å². The molecule has 1 aliphatic heterocycles. The number of nitrogens with two attached hydrogens (primary N) is 1. The van der Waals surface area contributed by atoms with E-state index in [1.807, 2.05) is 11.3 Å². The van der Waals surface area contributed by atoms with Crippen LogP contribution in [0.25, 0.3) is 0 Å². The van der Waals surface area contributed by atoms with Crippen LogP contribution in [0.15, 0.2) is 11.4 Å². The first-order valence-corrected chi connectivity index (χ1v) is 9.12. The highest BCUT2D eigenvalue weighted by Crippen LogP contribution is 2.36. The van der Waals surface area contributed by atoms with Crippen molar-refractivity contribution >= 4 is 11.3 Å². The van der Waals surface area contributed by atoms with Gasteiger partial charge in [0.05, 0.1) is 0 Å². The largest absolute Gasteiger partial charge is 0.327 e. The summed E-state index contributed by atoms with van der Waals surface area (Å²) < 4.78 is 0. The first-order chi connectivity index (χ1) is 9.69. The molecular formula is C17H28N2S. The zero-order chi connectivity index (χ0) is 14.1. The molecule has 1 aliphatic carbocycles. The van der Waals surface area contributed by atoms with Gasteiger partial charge in [0.2, 0.25) is 0 Å². The predicted molar refractivity (Wildman–Crippen MR) is 87.1 cm³/mol. The van der Waals surface area contributed by atoms with E-state index in [2.05, 4.69) is 30.2 Å². The second kappa shape index (κ2) is 6.17. The molecule has 20 heavy (non-hydrogen) atoms. The third-order valence-corrected chi connectivity index (χ3v) is 6.60. The molecule has 0 saturated heterocycles. The van der Waals surface area contributed by atoms with Gasteiger partial charge in [-0.05, 0) is 61.5 Å². The minimum Gasteiger partial charge on any atom is -0.327 e. The van der Waals surface area contributed by atoms with Gasteiger partial charge >= 0.3 is 0 Å². The van der Waals surface area contributed by atoms with Crippen LogP contribution in [0.3, 0.4) is 0 Å². The van der Waals surface area contributed by atoms with Crippen LogP contribution in [0.1, 0.15) is 56.0 Å². The summed E-state index contributed by atoms with van der Waals surface area (Å²) >= 11 is 1.93. The number of hydrogen-bond acceptors (Lipinski definition) is 3. The fourth-order valence-electron chi connectivity index (χ4n) is 4.08. The molecule has 112 valence electrons. The maximum Gasteiger partial charge on any atom is 0.0331 e. The molecule has 1 fully saturated rings. The first kappa shape index (κ1) is 14.6. The molecule has 2 aliphatic rings. The van der Waals surface area contributed by atoms with Crippen LogP contribution in [-0.2, 0) is 6.42 Å². The van der Waals surface area contributed by atoms with Gasteiger partial charge < -0.3 is 5.73 Å². The number of nitrogens with zero attached hydrogens (tertiary/aromatic N) is 1. The molecule has 0 radical (unpaired) electrons. The summed E-state index contributed by atoms with van der Waals surface area (Å²) in [6.45, 7) is 7.12. The highest BCUT2D eigenvalue weighted by atomic mass is 32.1. The lowest BCUT2D eigenvalue weighted by atomic mass is 9.76. The molecule has 1 saturated carbocycles.